The van der Waals surface area contributed by atoms with Gasteiger partial charge in [-0.3, -0.25) is 0 Å². The second-order valence-corrected chi connectivity index (χ2v) is 5.06. The van der Waals surface area contributed by atoms with Crippen LogP contribution in [0.4, 0.5) is 10.5 Å². The molecule has 0 spiro atoms. The van der Waals surface area contributed by atoms with Gasteiger partial charge in [0.25, 0.3) is 0 Å². The summed E-state index contributed by atoms with van der Waals surface area (Å²) in [6.07, 6.45) is 0.666. The van der Waals surface area contributed by atoms with Gasteiger partial charge in [0, 0.05) is 12.8 Å². The molecule has 3 N–H and O–H groups in total. The summed E-state index contributed by atoms with van der Waals surface area (Å²) in [5.41, 5.74) is 1.59. The minimum absolute atomic E-state index is 0.197. The molecule has 1 aromatic rings. The number of carbonyl (C=O) groups excluding carboxylic acids is 1. The number of benzene rings is 1. The Balaban J connectivity index is 2.72. The molecule has 0 saturated heterocycles. The van der Waals surface area contributed by atoms with Gasteiger partial charge in [-0.25, -0.2) is 9.59 Å². The molecule has 0 aliphatic carbocycles. The third-order valence-corrected chi connectivity index (χ3v) is 3.06. The van der Waals surface area contributed by atoms with Crippen molar-refractivity contribution >= 4 is 17.7 Å². The largest absolute Gasteiger partial charge is 0.480 e. The van der Waals surface area contributed by atoms with Crippen molar-refractivity contribution in [2.24, 2.45) is 5.92 Å². The van der Waals surface area contributed by atoms with Crippen LogP contribution >= 0.6 is 0 Å². The first-order valence-electron chi connectivity index (χ1n) is 6.83. The van der Waals surface area contributed by atoms with Crippen molar-refractivity contribution in [3.63, 3.8) is 0 Å². The number of ether oxygens (including phenoxy) is 1. The maximum atomic E-state index is 11.9. The quantitative estimate of drug-likeness (QED) is 0.718. The zero-order valence-corrected chi connectivity index (χ0v) is 12.6. The van der Waals surface area contributed by atoms with Crippen molar-refractivity contribution in [2.45, 2.75) is 26.3 Å². The number of para-hydroxylation sites is 1. The van der Waals surface area contributed by atoms with Crippen molar-refractivity contribution < 1.29 is 19.4 Å². The molecular formula is C15H22N2O4. The fourth-order valence-corrected chi connectivity index (χ4v) is 1.89. The lowest BCUT2D eigenvalue weighted by atomic mass is 10.1. The predicted molar refractivity (Wildman–Crippen MR) is 80.4 cm³/mol. The topological polar surface area (TPSA) is 87.7 Å². The smallest absolute Gasteiger partial charge is 0.326 e. The molecule has 0 saturated carbocycles. The van der Waals surface area contributed by atoms with E-state index in [1.807, 2.05) is 18.2 Å². The van der Waals surface area contributed by atoms with E-state index in [1.54, 1.807) is 27.0 Å². The van der Waals surface area contributed by atoms with Crippen LogP contribution in [0.2, 0.25) is 0 Å². The molecule has 116 valence electrons. The summed E-state index contributed by atoms with van der Waals surface area (Å²) in [6, 6.07) is 5.91. The van der Waals surface area contributed by atoms with E-state index < -0.39 is 18.0 Å². The van der Waals surface area contributed by atoms with Crippen molar-refractivity contribution in [2.75, 3.05) is 19.0 Å². The molecule has 0 radical (unpaired) electrons. The fraction of sp³-hybridized carbons (Fsp3) is 0.467. The number of nitrogens with one attached hydrogen (secondary N) is 2. The Kier molecular flexibility index (Phi) is 6.68. The lowest BCUT2D eigenvalue weighted by molar-refractivity contribution is -0.140. The summed E-state index contributed by atoms with van der Waals surface area (Å²) >= 11 is 0. The lowest BCUT2D eigenvalue weighted by Gasteiger charge is -2.19. The number of anilines is 1. The number of hydrogen-bond acceptors (Lipinski definition) is 3. The second-order valence-electron chi connectivity index (χ2n) is 5.06. The van der Waals surface area contributed by atoms with Gasteiger partial charge in [-0.15, -0.1) is 0 Å². The van der Waals surface area contributed by atoms with Gasteiger partial charge >= 0.3 is 12.0 Å². The Morgan fingerprint density at radius 1 is 1.29 bits per heavy atom. The minimum atomic E-state index is -1.05. The first-order valence-corrected chi connectivity index (χ1v) is 6.83. The number of rotatable bonds is 7. The number of urea groups is 1. The Morgan fingerprint density at radius 3 is 2.52 bits per heavy atom. The number of carboxylic acid groups (broad SMARTS) is 1. The molecule has 6 heteroatoms. The number of carboxylic acids is 1. The summed E-state index contributed by atoms with van der Waals surface area (Å²) in [5, 5.41) is 14.2. The highest BCUT2D eigenvalue weighted by molar-refractivity contribution is 5.92. The van der Waals surface area contributed by atoms with Crippen LogP contribution in [0.5, 0.6) is 0 Å². The average Bonchev–Trinajstić information content (AvgIpc) is 2.43. The zero-order valence-electron chi connectivity index (χ0n) is 12.6. The van der Waals surface area contributed by atoms with Gasteiger partial charge in [-0.2, -0.15) is 0 Å². The van der Waals surface area contributed by atoms with Gasteiger partial charge in [0.05, 0.1) is 6.61 Å². The Labute approximate surface area is 124 Å². The summed E-state index contributed by atoms with van der Waals surface area (Å²) in [4.78, 5) is 23.0. The highest BCUT2D eigenvalue weighted by atomic mass is 16.5. The maximum Gasteiger partial charge on any atom is 0.326 e. The molecular weight excluding hydrogens is 272 g/mol. The highest BCUT2D eigenvalue weighted by Gasteiger charge is 2.23. The molecule has 0 aromatic heterocycles. The van der Waals surface area contributed by atoms with Crippen LogP contribution in [0.3, 0.4) is 0 Å². The minimum Gasteiger partial charge on any atom is -0.480 e. The van der Waals surface area contributed by atoms with E-state index in [2.05, 4.69) is 10.6 Å². The zero-order chi connectivity index (χ0) is 15.8. The number of carbonyl (C=O) groups is 2. The normalized spacial score (nSPS) is 12.0. The molecule has 0 aliphatic heterocycles. The van der Waals surface area contributed by atoms with E-state index in [0.29, 0.717) is 18.7 Å². The van der Waals surface area contributed by atoms with Crippen LogP contribution in [-0.4, -0.2) is 36.9 Å². The summed E-state index contributed by atoms with van der Waals surface area (Å²) in [6.45, 7) is 4.03. The number of amides is 2. The van der Waals surface area contributed by atoms with Crippen molar-refractivity contribution in [3.8, 4) is 0 Å². The van der Waals surface area contributed by atoms with Gasteiger partial charge < -0.3 is 20.5 Å². The van der Waals surface area contributed by atoms with Crippen LogP contribution in [0, 0.1) is 5.92 Å². The van der Waals surface area contributed by atoms with E-state index in [9.17, 15) is 9.59 Å². The van der Waals surface area contributed by atoms with Crippen LogP contribution in [-0.2, 0) is 16.0 Å². The van der Waals surface area contributed by atoms with Gasteiger partial charge in [-0.1, -0.05) is 32.0 Å². The lowest BCUT2D eigenvalue weighted by Crippen LogP contribution is -2.46. The first kappa shape index (κ1) is 17.0. The standard InChI is InChI=1S/C15H22N2O4/c1-10(2)13(14(18)19)17-15(20)16-12-7-5-4-6-11(12)8-9-21-3/h4-7,10,13H,8-9H2,1-3H3,(H,18,19)(H2,16,17,20). The van der Waals surface area contributed by atoms with Crippen molar-refractivity contribution in [1.29, 1.82) is 0 Å². The Hall–Kier alpha value is -2.08. The van der Waals surface area contributed by atoms with Crippen molar-refractivity contribution in [3.05, 3.63) is 29.8 Å². The third-order valence-electron chi connectivity index (χ3n) is 3.06. The maximum absolute atomic E-state index is 11.9. The van der Waals surface area contributed by atoms with E-state index in [4.69, 9.17) is 9.84 Å². The first-order chi connectivity index (χ1) is 9.95. The van der Waals surface area contributed by atoms with Gasteiger partial charge in [0.15, 0.2) is 0 Å². The molecule has 0 heterocycles. The third kappa shape index (κ3) is 5.43. The molecule has 21 heavy (non-hydrogen) atoms. The number of hydrogen-bond donors (Lipinski definition) is 3. The number of aliphatic carboxylic acids is 1. The summed E-state index contributed by atoms with van der Waals surface area (Å²) in [7, 11) is 1.61. The molecule has 2 amide bonds. The van der Waals surface area contributed by atoms with E-state index in [0.717, 1.165) is 5.56 Å². The second kappa shape index (κ2) is 8.26. The average molecular weight is 294 g/mol. The number of methoxy groups -OCH3 is 1. The predicted octanol–water partition coefficient (Wildman–Crippen LogP) is 2.11. The van der Waals surface area contributed by atoms with Gasteiger partial charge in [0.1, 0.15) is 6.04 Å². The van der Waals surface area contributed by atoms with Crippen molar-refractivity contribution in [1.82, 2.24) is 5.32 Å². The fourth-order valence-electron chi connectivity index (χ4n) is 1.89. The van der Waals surface area contributed by atoms with E-state index >= 15 is 0 Å². The van der Waals surface area contributed by atoms with Crippen LogP contribution in [0.15, 0.2) is 24.3 Å². The molecule has 1 unspecified atom stereocenters. The molecule has 0 fully saturated rings. The van der Waals surface area contributed by atoms with E-state index in [-0.39, 0.29) is 5.92 Å². The van der Waals surface area contributed by atoms with Crippen LogP contribution in [0.25, 0.3) is 0 Å². The van der Waals surface area contributed by atoms with E-state index in [1.165, 1.54) is 0 Å². The molecule has 1 aromatic carbocycles. The molecule has 0 aliphatic rings. The Morgan fingerprint density at radius 2 is 1.95 bits per heavy atom. The highest BCUT2D eigenvalue weighted by Crippen LogP contribution is 2.15. The SMILES string of the molecule is COCCc1ccccc1NC(=O)NC(C(=O)O)C(C)C. The molecule has 6 nitrogen and oxygen atoms in total. The summed E-state index contributed by atoms with van der Waals surface area (Å²) in [5.74, 6) is -1.25. The molecule has 1 rings (SSSR count). The van der Waals surface area contributed by atoms with Gasteiger partial charge in [0.2, 0.25) is 0 Å². The molecule has 1 atom stereocenters. The van der Waals surface area contributed by atoms with Crippen LogP contribution < -0.4 is 10.6 Å². The van der Waals surface area contributed by atoms with Gasteiger partial charge in [-0.05, 0) is 24.0 Å². The van der Waals surface area contributed by atoms with Crippen LogP contribution in [0.1, 0.15) is 19.4 Å². The molecule has 0 bridgehead atoms. The monoisotopic (exact) mass is 294 g/mol. The Bertz CT molecular complexity index is 488. The summed E-state index contributed by atoms with van der Waals surface area (Å²) < 4.78 is 5.03.